The van der Waals surface area contributed by atoms with E-state index in [0.717, 1.165) is 44.9 Å². The zero-order valence-electron chi connectivity index (χ0n) is 68.2. The fourth-order valence-corrected chi connectivity index (χ4v) is 14.1. The van der Waals surface area contributed by atoms with E-state index < -0.39 is 18.4 Å². The lowest BCUT2D eigenvalue weighted by molar-refractivity contribution is -0.870. The average molecular weight is 1410 g/mol. The number of aliphatic carboxylic acids is 1. The van der Waals surface area contributed by atoms with Gasteiger partial charge in [0.1, 0.15) is 13.2 Å². The van der Waals surface area contributed by atoms with Crippen molar-refractivity contribution in [1.82, 2.24) is 0 Å². The maximum Gasteiger partial charge on any atom is 0.361 e. The van der Waals surface area contributed by atoms with E-state index in [1.54, 1.807) is 0 Å². The Labute approximate surface area is 624 Å². The first-order valence-electron chi connectivity index (χ1n) is 45.0. The van der Waals surface area contributed by atoms with Crippen molar-refractivity contribution >= 4 is 17.9 Å². The summed E-state index contributed by atoms with van der Waals surface area (Å²) in [6, 6.07) is 0. The molecule has 0 aromatic rings. The second-order valence-electron chi connectivity index (χ2n) is 32.3. The molecule has 0 rings (SSSR count). The minimum Gasteiger partial charge on any atom is -0.477 e. The lowest BCUT2D eigenvalue weighted by Crippen LogP contribution is -2.40. The van der Waals surface area contributed by atoms with Gasteiger partial charge in [-0.25, -0.2) is 4.79 Å². The predicted molar refractivity (Wildman–Crippen MR) is 434 cm³/mol. The number of quaternary nitrogens is 1. The molecule has 9 nitrogen and oxygen atoms in total. The minimum atomic E-state index is -1.51. The molecule has 2 atom stereocenters. The van der Waals surface area contributed by atoms with Crippen LogP contribution in [0.1, 0.15) is 483 Å². The van der Waals surface area contributed by atoms with E-state index in [1.807, 2.05) is 21.1 Å². The second kappa shape index (κ2) is 82.4. The second-order valence-corrected chi connectivity index (χ2v) is 32.3. The quantitative estimate of drug-likeness (QED) is 0.0211. The van der Waals surface area contributed by atoms with Crippen LogP contribution < -0.4 is 0 Å². The van der Waals surface area contributed by atoms with Crippen LogP contribution in [0.15, 0.2) is 24.3 Å². The highest BCUT2D eigenvalue weighted by Crippen LogP contribution is 2.21. The Bertz CT molecular complexity index is 1690. The molecule has 1 N–H and O–H groups in total. The number of likely N-dealkylation sites (N-methyl/N-ethyl adjacent to an activating group) is 1. The van der Waals surface area contributed by atoms with Crippen molar-refractivity contribution in [1.29, 1.82) is 0 Å². The Kier molecular flexibility index (Phi) is 80.6. The number of carboxylic acids is 1. The van der Waals surface area contributed by atoms with Gasteiger partial charge in [-0.3, -0.25) is 9.59 Å². The van der Waals surface area contributed by atoms with Crippen LogP contribution in [0.2, 0.25) is 0 Å². The molecule has 0 saturated heterocycles. The summed E-state index contributed by atoms with van der Waals surface area (Å²) in [6.45, 7) is 4.97. The number of rotatable bonds is 86. The summed E-state index contributed by atoms with van der Waals surface area (Å²) in [5, 5.41) is 9.79. The maximum absolute atomic E-state index is 13.0. The molecule has 0 aliphatic heterocycles. The van der Waals surface area contributed by atoms with E-state index in [-0.39, 0.29) is 38.2 Å². The number of hydrogen-bond acceptors (Lipinski definition) is 7. The van der Waals surface area contributed by atoms with Gasteiger partial charge in [0.05, 0.1) is 34.4 Å². The Hall–Kier alpha value is -2.23. The van der Waals surface area contributed by atoms with Gasteiger partial charge in [0.25, 0.3) is 6.29 Å². The molecule has 0 radical (unpaired) electrons. The molecular formula is C91H176NO8+. The molecule has 9 heteroatoms. The number of ether oxygens (including phenoxy) is 4. The van der Waals surface area contributed by atoms with Gasteiger partial charge in [-0.2, -0.15) is 0 Å². The number of esters is 2. The molecule has 0 fully saturated rings. The van der Waals surface area contributed by atoms with Gasteiger partial charge >= 0.3 is 17.9 Å². The van der Waals surface area contributed by atoms with E-state index in [9.17, 15) is 19.5 Å². The number of carbonyl (C=O) groups is 3. The van der Waals surface area contributed by atoms with Crippen LogP contribution in [0.5, 0.6) is 0 Å². The fourth-order valence-electron chi connectivity index (χ4n) is 14.1. The number of unbranched alkanes of at least 4 members (excludes halogenated alkanes) is 67. The van der Waals surface area contributed by atoms with Crippen LogP contribution in [0.3, 0.4) is 0 Å². The molecule has 0 heterocycles. The summed E-state index contributed by atoms with van der Waals surface area (Å²) in [7, 11) is 6.01. The SMILES string of the molecule is CCCCCCC/C=C\C/C=C\CCCCCCCCCCCCCCCCCCCCCCCCCCCCCCCC(=O)OC(COC(=O)CCCCCCCCCCCCCCCCCCCCCCCCCCCCCCCCCCCC)COC(OCC[N+](C)(C)C)C(=O)O. The predicted octanol–water partition coefficient (Wildman–Crippen LogP) is 29.2. The number of hydrogen-bond donors (Lipinski definition) is 1. The van der Waals surface area contributed by atoms with E-state index in [2.05, 4.69) is 38.2 Å². The van der Waals surface area contributed by atoms with Crippen LogP contribution in [-0.4, -0.2) is 87.4 Å². The smallest absolute Gasteiger partial charge is 0.361 e. The molecule has 0 aromatic heterocycles. The summed E-state index contributed by atoms with van der Waals surface area (Å²) >= 11 is 0. The highest BCUT2D eigenvalue weighted by atomic mass is 16.7. The van der Waals surface area contributed by atoms with E-state index in [0.29, 0.717) is 17.4 Å². The minimum absolute atomic E-state index is 0.173. The molecule has 0 amide bonds. The van der Waals surface area contributed by atoms with Crippen molar-refractivity contribution in [2.75, 3.05) is 47.5 Å². The number of allylic oxidation sites excluding steroid dienone is 4. The van der Waals surface area contributed by atoms with E-state index in [4.69, 9.17) is 18.9 Å². The molecule has 0 saturated carbocycles. The largest absolute Gasteiger partial charge is 0.477 e. The lowest BCUT2D eigenvalue weighted by atomic mass is 10.0. The van der Waals surface area contributed by atoms with Gasteiger partial charge in [0.2, 0.25) is 0 Å². The summed E-state index contributed by atoms with van der Waals surface area (Å²) in [5.41, 5.74) is 0. The first-order valence-corrected chi connectivity index (χ1v) is 45.0. The molecule has 0 spiro atoms. The number of carboxylic acid groups (broad SMARTS) is 1. The van der Waals surface area contributed by atoms with Gasteiger partial charge in [-0.1, -0.05) is 449 Å². The first-order chi connectivity index (χ1) is 49.1. The standard InChI is InChI=1S/C91H175NO8/c1-6-8-10-12-14-16-18-20-22-24-26-28-30-32-34-36-38-40-42-43-44-45-46-47-48-50-52-54-56-58-60-62-64-66-68-70-72-74-76-78-80-82-89(94)100-87(86-99-91(90(95)96)97-84-83-92(3,4)5)85-98-88(93)81-79-77-75-73-71-69-67-65-63-61-59-57-55-53-51-49-41-39-37-35-33-31-29-27-25-23-21-19-17-15-13-11-9-7-2/h18,20,24,26,87,91H,6-17,19,21-23,25,27-86H2,1-5H3/p+1/b20-18-,26-24-. The third-order valence-corrected chi connectivity index (χ3v) is 21.0. The molecule has 0 aliphatic rings. The van der Waals surface area contributed by atoms with Crippen molar-refractivity contribution in [3.63, 3.8) is 0 Å². The van der Waals surface area contributed by atoms with Crippen LogP contribution in [-0.2, 0) is 33.3 Å². The van der Waals surface area contributed by atoms with Crippen LogP contribution in [0.25, 0.3) is 0 Å². The normalized spacial score (nSPS) is 12.6. The van der Waals surface area contributed by atoms with Crippen LogP contribution >= 0.6 is 0 Å². The molecule has 0 aromatic carbocycles. The molecule has 0 aliphatic carbocycles. The van der Waals surface area contributed by atoms with Gasteiger partial charge in [-0.15, -0.1) is 0 Å². The molecule has 0 bridgehead atoms. The monoisotopic (exact) mass is 1410 g/mol. The van der Waals surface area contributed by atoms with Gasteiger partial charge in [-0.05, 0) is 44.9 Å². The molecule has 100 heavy (non-hydrogen) atoms. The topological polar surface area (TPSA) is 108 Å². The van der Waals surface area contributed by atoms with Gasteiger partial charge in [0, 0.05) is 12.8 Å². The van der Waals surface area contributed by atoms with E-state index >= 15 is 0 Å². The first kappa shape index (κ1) is 97.8. The Morgan fingerprint density at radius 1 is 0.300 bits per heavy atom. The zero-order valence-corrected chi connectivity index (χ0v) is 68.2. The Morgan fingerprint density at radius 3 is 0.790 bits per heavy atom. The Morgan fingerprint density at radius 2 is 0.540 bits per heavy atom. The molecule has 592 valence electrons. The van der Waals surface area contributed by atoms with Crippen molar-refractivity contribution in [3.05, 3.63) is 24.3 Å². The van der Waals surface area contributed by atoms with Crippen LogP contribution in [0, 0.1) is 0 Å². The summed E-state index contributed by atoms with van der Waals surface area (Å²) < 4.78 is 23.1. The van der Waals surface area contributed by atoms with Crippen LogP contribution in [0.4, 0.5) is 0 Å². The Balaban J connectivity index is 3.88. The van der Waals surface area contributed by atoms with Gasteiger partial charge < -0.3 is 28.5 Å². The summed E-state index contributed by atoms with van der Waals surface area (Å²) in [6.07, 6.45) is 104. The summed E-state index contributed by atoms with van der Waals surface area (Å²) in [4.78, 5) is 37.8. The maximum atomic E-state index is 13.0. The van der Waals surface area contributed by atoms with Crippen molar-refractivity contribution in [2.24, 2.45) is 0 Å². The highest BCUT2D eigenvalue weighted by Gasteiger charge is 2.25. The molecule has 2 unspecified atom stereocenters. The number of carbonyl (C=O) groups excluding carboxylic acids is 2. The summed E-state index contributed by atoms with van der Waals surface area (Å²) in [5.74, 6) is -1.96. The lowest BCUT2D eigenvalue weighted by Gasteiger charge is -2.25. The molecular weight excluding hydrogens is 1230 g/mol. The highest BCUT2D eigenvalue weighted by molar-refractivity contribution is 5.71. The van der Waals surface area contributed by atoms with Crippen molar-refractivity contribution < 1.29 is 42.9 Å². The third-order valence-electron chi connectivity index (χ3n) is 21.0. The third kappa shape index (κ3) is 83.0. The number of nitrogens with zero attached hydrogens (tertiary/aromatic N) is 1. The fraction of sp³-hybridized carbons (Fsp3) is 0.923. The van der Waals surface area contributed by atoms with E-state index in [1.165, 1.54) is 411 Å². The van der Waals surface area contributed by atoms with Crippen molar-refractivity contribution in [3.8, 4) is 0 Å². The van der Waals surface area contributed by atoms with Gasteiger partial charge in [0.15, 0.2) is 6.10 Å². The zero-order chi connectivity index (χ0) is 72.5. The average Bonchev–Trinajstić information content (AvgIpc) is 1.08. The van der Waals surface area contributed by atoms with Crippen molar-refractivity contribution in [2.45, 2.75) is 495 Å².